The smallest absolute Gasteiger partial charge is 0.256 e. The fraction of sp³-hybridized carbons (Fsp3) is 0.0556. The predicted molar refractivity (Wildman–Crippen MR) is 97.8 cm³/mol. The molecule has 1 aromatic carbocycles. The Balaban J connectivity index is 1.71. The fourth-order valence-corrected chi connectivity index (χ4v) is 2.53. The van der Waals surface area contributed by atoms with Crippen molar-refractivity contribution in [3.63, 3.8) is 0 Å². The number of H-pyrrole nitrogens is 1. The first kappa shape index (κ1) is 16.5. The maximum absolute atomic E-state index is 12.5. The second kappa shape index (κ2) is 6.71. The number of anilines is 1. The van der Waals surface area contributed by atoms with E-state index in [1.807, 2.05) is 0 Å². The number of benzene rings is 1. The highest BCUT2D eigenvalue weighted by atomic mass is 16.5. The predicted octanol–water partition coefficient (Wildman–Crippen LogP) is 1.74. The van der Waals surface area contributed by atoms with Crippen LogP contribution in [0.1, 0.15) is 10.4 Å². The van der Waals surface area contributed by atoms with Crippen LogP contribution in [0, 0.1) is 0 Å². The molecule has 0 unspecified atom stereocenters. The molecule has 3 aromatic heterocycles. The summed E-state index contributed by atoms with van der Waals surface area (Å²) in [4.78, 5) is 35.4. The highest BCUT2D eigenvalue weighted by Crippen LogP contribution is 2.17. The summed E-state index contributed by atoms with van der Waals surface area (Å²) >= 11 is 0. The average molecular weight is 362 g/mol. The maximum atomic E-state index is 12.5. The standard InChI is InChI=1S/C18H14N6O3/c1-27-13-6-4-11(5-7-13)17(26)20-14-9-15(25)21-18-22-16(23-24(14)18)12-3-2-8-19-10-12/h2-10H,1H3,(H,20,26)(H,21,22,23,25). The SMILES string of the molecule is COc1ccc(C(=O)Nc2cc(=O)[nH]c3nc(-c4cccnc4)nn23)cc1. The van der Waals surface area contributed by atoms with E-state index in [1.165, 1.54) is 10.6 Å². The van der Waals surface area contributed by atoms with E-state index >= 15 is 0 Å². The fourth-order valence-electron chi connectivity index (χ4n) is 2.53. The lowest BCUT2D eigenvalue weighted by Gasteiger charge is -2.07. The number of aromatic nitrogens is 5. The van der Waals surface area contributed by atoms with Gasteiger partial charge in [0, 0.05) is 29.6 Å². The lowest BCUT2D eigenvalue weighted by atomic mass is 10.2. The molecule has 4 aromatic rings. The summed E-state index contributed by atoms with van der Waals surface area (Å²) in [6, 6.07) is 11.4. The van der Waals surface area contributed by atoms with Gasteiger partial charge in [0.2, 0.25) is 5.78 Å². The molecule has 0 aliphatic carbocycles. The number of carbonyl (C=O) groups is 1. The summed E-state index contributed by atoms with van der Waals surface area (Å²) < 4.78 is 6.45. The van der Waals surface area contributed by atoms with Crippen LogP contribution in [0.4, 0.5) is 5.82 Å². The van der Waals surface area contributed by atoms with Gasteiger partial charge in [0.05, 0.1) is 7.11 Å². The van der Waals surface area contributed by atoms with Crippen molar-refractivity contribution in [1.82, 2.24) is 24.6 Å². The molecular weight excluding hydrogens is 348 g/mol. The van der Waals surface area contributed by atoms with Gasteiger partial charge in [0.15, 0.2) is 5.82 Å². The molecule has 4 rings (SSSR count). The molecule has 27 heavy (non-hydrogen) atoms. The van der Waals surface area contributed by atoms with Crippen molar-refractivity contribution < 1.29 is 9.53 Å². The summed E-state index contributed by atoms with van der Waals surface area (Å²) in [6.07, 6.45) is 3.25. The molecule has 2 N–H and O–H groups in total. The monoisotopic (exact) mass is 362 g/mol. The zero-order chi connectivity index (χ0) is 18.8. The molecule has 0 saturated heterocycles. The van der Waals surface area contributed by atoms with E-state index in [2.05, 4.69) is 25.4 Å². The van der Waals surface area contributed by atoms with Gasteiger partial charge >= 0.3 is 0 Å². The minimum atomic E-state index is -0.405. The van der Waals surface area contributed by atoms with Crippen LogP contribution >= 0.6 is 0 Å². The normalized spacial score (nSPS) is 10.7. The van der Waals surface area contributed by atoms with Crippen LogP contribution in [0.2, 0.25) is 0 Å². The lowest BCUT2D eigenvalue weighted by Crippen LogP contribution is -2.18. The molecule has 0 spiro atoms. The Morgan fingerprint density at radius 3 is 2.74 bits per heavy atom. The first-order valence-electron chi connectivity index (χ1n) is 8.00. The van der Waals surface area contributed by atoms with Crippen LogP contribution < -0.4 is 15.6 Å². The highest BCUT2D eigenvalue weighted by Gasteiger charge is 2.14. The van der Waals surface area contributed by atoms with Gasteiger partial charge in [-0.2, -0.15) is 9.50 Å². The van der Waals surface area contributed by atoms with Crippen molar-refractivity contribution in [2.24, 2.45) is 0 Å². The third kappa shape index (κ3) is 3.25. The Labute approximate surface area is 152 Å². The first-order valence-corrected chi connectivity index (χ1v) is 8.00. The molecule has 134 valence electrons. The van der Waals surface area contributed by atoms with Gasteiger partial charge in [-0.15, -0.1) is 5.10 Å². The van der Waals surface area contributed by atoms with Gasteiger partial charge in [0.1, 0.15) is 11.6 Å². The number of pyridine rings is 1. The quantitative estimate of drug-likeness (QED) is 0.571. The number of amides is 1. The molecule has 9 nitrogen and oxygen atoms in total. The van der Waals surface area contributed by atoms with E-state index in [1.54, 1.807) is 55.9 Å². The minimum Gasteiger partial charge on any atom is -0.497 e. The van der Waals surface area contributed by atoms with E-state index in [-0.39, 0.29) is 17.5 Å². The van der Waals surface area contributed by atoms with E-state index in [0.29, 0.717) is 22.7 Å². The van der Waals surface area contributed by atoms with E-state index in [4.69, 9.17) is 4.74 Å². The van der Waals surface area contributed by atoms with E-state index in [0.717, 1.165) is 0 Å². The number of hydrogen-bond acceptors (Lipinski definition) is 6. The van der Waals surface area contributed by atoms with Crippen LogP contribution in [-0.2, 0) is 0 Å². The summed E-state index contributed by atoms with van der Waals surface area (Å²) in [5, 5.41) is 7.05. The number of methoxy groups -OCH3 is 1. The second-order valence-electron chi connectivity index (χ2n) is 5.61. The first-order chi connectivity index (χ1) is 13.1. The largest absolute Gasteiger partial charge is 0.497 e. The number of fused-ring (bicyclic) bond motifs is 1. The molecule has 0 fully saturated rings. The van der Waals surface area contributed by atoms with Crippen LogP contribution in [0.5, 0.6) is 5.75 Å². The summed E-state index contributed by atoms with van der Waals surface area (Å²) in [5.74, 6) is 1.05. The number of rotatable bonds is 4. The zero-order valence-electron chi connectivity index (χ0n) is 14.2. The Morgan fingerprint density at radius 1 is 1.22 bits per heavy atom. The van der Waals surface area contributed by atoms with Crippen molar-refractivity contribution in [2.45, 2.75) is 0 Å². The molecule has 0 aliphatic heterocycles. The van der Waals surface area contributed by atoms with E-state index < -0.39 is 5.56 Å². The summed E-state index contributed by atoms with van der Waals surface area (Å²) in [6.45, 7) is 0. The van der Waals surface area contributed by atoms with E-state index in [9.17, 15) is 9.59 Å². The van der Waals surface area contributed by atoms with Gasteiger partial charge < -0.3 is 10.1 Å². The van der Waals surface area contributed by atoms with Crippen molar-refractivity contribution >= 4 is 17.5 Å². The van der Waals surface area contributed by atoms with Gasteiger partial charge in [0.25, 0.3) is 11.5 Å². The maximum Gasteiger partial charge on any atom is 0.256 e. The van der Waals surface area contributed by atoms with Gasteiger partial charge in [-0.3, -0.25) is 19.6 Å². The van der Waals surface area contributed by atoms with Crippen LogP contribution in [0.3, 0.4) is 0 Å². The van der Waals surface area contributed by atoms with Crippen molar-refractivity contribution in [3.8, 4) is 17.1 Å². The topological polar surface area (TPSA) is 114 Å². The number of carbonyl (C=O) groups excluding carboxylic acids is 1. The van der Waals surface area contributed by atoms with Crippen molar-refractivity contribution in [2.75, 3.05) is 12.4 Å². The zero-order valence-corrected chi connectivity index (χ0v) is 14.2. The third-order valence-corrected chi connectivity index (χ3v) is 3.85. The second-order valence-corrected chi connectivity index (χ2v) is 5.61. The Hall–Kier alpha value is -4.01. The van der Waals surface area contributed by atoms with Crippen LogP contribution in [-0.4, -0.2) is 37.6 Å². The summed E-state index contributed by atoms with van der Waals surface area (Å²) in [5.41, 5.74) is 0.698. The molecule has 3 heterocycles. The third-order valence-electron chi connectivity index (χ3n) is 3.85. The number of nitrogens with one attached hydrogen (secondary N) is 2. The van der Waals surface area contributed by atoms with Crippen LogP contribution in [0.25, 0.3) is 17.2 Å². The molecule has 0 aliphatic rings. The van der Waals surface area contributed by atoms with Gasteiger partial charge in [-0.1, -0.05) is 0 Å². The molecule has 0 atom stereocenters. The molecular formula is C18H14N6O3. The number of hydrogen-bond donors (Lipinski definition) is 2. The summed E-state index contributed by atoms with van der Waals surface area (Å²) in [7, 11) is 1.55. The Kier molecular flexibility index (Phi) is 4.09. The Morgan fingerprint density at radius 2 is 2.04 bits per heavy atom. The van der Waals surface area contributed by atoms with Crippen molar-refractivity contribution in [1.29, 1.82) is 0 Å². The molecule has 0 saturated carbocycles. The minimum absolute atomic E-state index is 0.206. The highest BCUT2D eigenvalue weighted by molar-refractivity contribution is 6.03. The number of ether oxygens (including phenoxy) is 1. The molecule has 1 amide bonds. The van der Waals surface area contributed by atoms with Gasteiger partial charge in [-0.25, -0.2) is 0 Å². The average Bonchev–Trinajstić information content (AvgIpc) is 3.13. The Bertz CT molecular complexity index is 1170. The molecule has 0 radical (unpaired) electrons. The number of aromatic amines is 1. The number of nitrogens with zero attached hydrogens (tertiary/aromatic N) is 4. The lowest BCUT2D eigenvalue weighted by molar-refractivity contribution is 0.102. The van der Waals surface area contributed by atoms with Gasteiger partial charge in [-0.05, 0) is 36.4 Å². The van der Waals surface area contributed by atoms with Crippen LogP contribution in [0.15, 0.2) is 59.7 Å². The molecule has 9 heteroatoms. The van der Waals surface area contributed by atoms with Crippen molar-refractivity contribution in [3.05, 3.63) is 70.8 Å². The molecule has 0 bridgehead atoms.